The Labute approximate surface area is 102 Å². The lowest BCUT2D eigenvalue weighted by atomic mass is 9.63. The fourth-order valence-corrected chi connectivity index (χ4v) is 2.44. The van der Waals surface area contributed by atoms with Crippen LogP contribution in [0.5, 0.6) is 5.75 Å². The first-order valence-electron chi connectivity index (χ1n) is 5.91. The molecule has 0 spiro atoms. The largest absolute Gasteiger partial charge is 0.507 e. The van der Waals surface area contributed by atoms with Crippen molar-refractivity contribution in [1.29, 1.82) is 0 Å². The molecule has 0 fully saturated rings. The van der Waals surface area contributed by atoms with Crippen LogP contribution < -0.4 is 0 Å². The van der Waals surface area contributed by atoms with E-state index in [4.69, 9.17) is 0 Å². The minimum atomic E-state index is 0.115. The summed E-state index contributed by atoms with van der Waals surface area (Å²) in [6.45, 7) is 6.50. The van der Waals surface area contributed by atoms with Crippen LogP contribution in [-0.2, 0) is 4.79 Å². The number of carbonyl (C=O) groups excluding carboxylic acids is 1. The number of allylic oxidation sites excluding steroid dienone is 2. The highest BCUT2D eigenvalue weighted by Crippen LogP contribution is 2.51. The fraction of sp³-hybridized carbons (Fsp3) is 0.400. The molecule has 90 valence electrons. The van der Waals surface area contributed by atoms with E-state index in [9.17, 15) is 9.90 Å². The van der Waals surface area contributed by atoms with E-state index in [2.05, 4.69) is 20.8 Å². The average Bonchev–Trinajstić information content (AvgIpc) is 2.18. The molecule has 0 saturated heterocycles. The number of phenolic OH excluding ortho intramolecular Hbond substituents is 1. The van der Waals surface area contributed by atoms with Crippen molar-refractivity contribution in [2.75, 3.05) is 0 Å². The van der Waals surface area contributed by atoms with Crippen molar-refractivity contribution in [2.24, 2.45) is 11.3 Å². The zero-order valence-corrected chi connectivity index (χ0v) is 10.5. The molecule has 2 heteroatoms. The number of aldehydes is 1. The number of hydrogen-bond donors (Lipinski definition) is 1. The van der Waals surface area contributed by atoms with E-state index in [0.29, 0.717) is 5.92 Å². The van der Waals surface area contributed by atoms with Gasteiger partial charge in [0.05, 0.1) is 0 Å². The summed E-state index contributed by atoms with van der Waals surface area (Å²) in [4.78, 5) is 11.0. The van der Waals surface area contributed by atoms with E-state index in [0.717, 1.165) is 29.4 Å². The lowest BCUT2D eigenvalue weighted by Gasteiger charge is -2.41. The van der Waals surface area contributed by atoms with Gasteiger partial charge in [0.15, 0.2) is 0 Å². The molecule has 0 saturated carbocycles. The van der Waals surface area contributed by atoms with Crippen molar-refractivity contribution < 1.29 is 9.90 Å². The van der Waals surface area contributed by atoms with Gasteiger partial charge in [0.25, 0.3) is 0 Å². The van der Waals surface area contributed by atoms with Crippen LogP contribution in [0.4, 0.5) is 0 Å². The molecule has 2 rings (SSSR count). The molecule has 1 aliphatic rings. The van der Waals surface area contributed by atoms with Crippen molar-refractivity contribution in [2.45, 2.75) is 27.2 Å². The quantitative estimate of drug-likeness (QED) is 0.790. The molecular formula is C15H18O2. The van der Waals surface area contributed by atoms with Crippen molar-refractivity contribution in [3.8, 4) is 5.75 Å². The van der Waals surface area contributed by atoms with Gasteiger partial charge in [-0.15, -0.1) is 0 Å². The molecule has 1 aromatic rings. The Kier molecular flexibility index (Phi) is 2.82. The summed E-state index contributed by atoms with van der Waals surface area (Å²) in [7, 11) is 0. The first kappa shape index (κ1) is 11.9. The summed E-state index contributed by atoms with van der Waals surface area (Å²) in [5, 5.41) is 9.89. The van der Waals surface area contributed by atoms with Gasteiger partial charge in [-0.1, -0.05) is 39.0 Å². The Morgan fingerprint density at radius 1 is 1.29 bits per heavy atom. The summed E-state index contributed by atoms with van der Waals surface area (Å²) < 4.78 is 0. The number of benzene rings is 1. The van der Waals surface area contributed by atoms with E-state index in [1.807, 2.05) is 12.1 Å². The van der Waals surface area contributed by atoms with Crippen LogP contribution >= 0.6 is 0 Å². The van der Waals surface area contributed by atoms with Crippen LogP contribution in [0.15, 0.2) is 29.8 Å². The van der Waals surface area contributed by atoms with Crippen molar-refractivity contribution >= 4 is 11.9 Å². The monoisotopic (exact) mass is 230 g/mol. The lowest BCUT2D eigenvalue weighted by molar-refractivity contribution is -0.105. The average molecular weight is 230 g/mol. The number of phenols is 1. The van der Waals surface area contributed by atoms with Gasteiger partial charge in [-0.05, 0) is 35.0 Å². The second-order valence-corrected chi connectivity index (χ2v) is 5.70. The van der Waals surface area contributed by atoms with Gasteiger partial charge in [0.1, 0.15) is 12.0 Å². The van der Waals surface area contributed by atoms with Gasteiger partial charge in [-0.3, -0.25) is 4.79 Å². The number of rotatable bonds is 2. The van der Waals surface area contributed by atoms with Gasteiger partial charge in [0.2, 0.25) is 0 Å². The molecule has 0 bridgehead atoms. The zero-order chi connectivity index (χ0) is 12.6. The number of carbonyl (C=O) groups is 1. The predicted molar refractivity (Wildman–Crippen MR) is 68.7 cm³/mol. The highest BCUT2D eigenvalue weighted by atomic mass is 16.3. The summed E-state index contributed by atoms with van der Waals surface area (Å²) in [6, 6.07) is 7.24. The summed E-state index contributed by atoms with van der Waals surface area (Å²) in [6.07, 6.45) is 1.74. The van der Waals surface area contributed by atoms with E-state index in [1.54, 1.807) is 12.1 Å². The van der Waals surface area contributed by atoms with Gasteiger partial charge >= 0.3 is 0 Å². The third kappa shape index (κ3) is 1.99. The highest BCUT2D eigenvalue weighted by molar-refractivity contribution is 5.95. The molecule has 1 atom stereocenters. The molecule has 0 aromatic heterocycles. The van der Waals surface area contributed by atoms with Gasteiger partial charge in [0, 0.05) is 5.56 Å². The Hall–Kier alpha value is -1.57. The maximum Gasteiger partial charge on any atom is 0.146 e. The molecular weight excluding hydrogens is 212 g/mol. The van der Waals surface area contributed by atoms with Gasteiger partial charge < -0.3 is 5.11 Å². The molecule has 1 aromatic carbocycles. The SMILES string of the molecule is CC(C)(C)C1CC(C=O)=C1c1ccccc1O. The lowest BCUT2D eigenvalue weighted by Crippen LogP contribution is -2.30. The van der Waals surface area contributed by atoms with Crippen molar-refractivity contribution in [3.63, 3.8) is 0 Å². The molecule has 1 N–H and O–H groups in total. The van der Waals surface area contributed by atoms with E-state index in [1.165, 1.54) is 0 Å². The van der Waals surface area contributed by atoms with Crippen LogP contribution in [0, 0.1) is 11.3 Å². The number of para-hydroxylation sites is 1. The topological polar surface area (TPSA) is 37.3 Å². The molecule has 1 aliphatic carbocycles. The third-order valence-corrected chi connectivity index (χ3v) is 3.50. The molecule has 17 heavy (non-hydrogen) atoms. The Morgan fingerprint density at radius 3 is 2.47 bits per heavy atom. The number of aromatic hydroxyl groups is 1. The van der Waals surface area contributed by atoms with E-state index in [-0.39, 0.29) is 11.2 Å². The Bertz CT molecular complexity index is 478. The molecule has 0 heterocycles. The normalized spacial score (nSPS) is 20.1. The predicted octanol–water partition coefficient (Wildman–Crippen LogP) is 3.41. The van der Waals surface area contributed by atoms with Crippen LogP contribution in [0.25, 0.3) is 5.57 Å². The standard InChI is InChI=1S/C15H18O2/c1-15(2,3)12-8-10(9-16)14(12)11-6-4-5-7-13(11)17/h4-7,9,12,17H,8H2,1-3H3. The summed E-state index contributed by atoms with van der Waals surface area (Å²) in [5.41, 5.74) is 2.77. The molecule has 1 unspecified atom stereocenters. The molecule has 0 radical (unpaired) electrons. The van der Waals surface area contributed by atoms with Crippen LogP contribution in [-0.4, -0.2) is 11.4 Å². The second-order valence-electron chi connectivity index (χ2n) is 5.70. The molecule has 0 amide bonds. The fourth-order valence-electron chi connectivity index (χ4n) is 2.44. The molecule has 2 nitrogen and oxygen atoms in total. The van der Waals surface area contributed by atoms with Gasteiger partial charge in [-0.25, -0.2) is 0 Å². The second kappa shape index (κ2) is 4.02. The number of hydrogen-bond acceptors (Lipinski definition) is 2. The maximum atomic E-state index is 11.0. The van der Waals surface area contributed by atoms with E-state index < -0.39 is 0 Å². The van der Waals surface area contributed by atoms with Crippen LogP contribution in [0.1, 0.15) is 32.8 Å². The highest BCUT2D eigenvalue weighted by Gasteiger charge is 2.39. The maximum absolute atomic E-state index is 11.0. The van der Waals surface area contributed by atoms with Crippen LogP contribution in [0.2, 0.25) is 0 Å². The van der Waals surface area contributed by atoms with E-state index >= 15 is 0 Å². The smallest absolute Gasteiger partial charge is 0.146 e. The van der Waals surface area contributed by atoms with Crippen molar-refractivity contribution in [3.05, 3.63) is 35.4 Å². The molecule has 0 aliphatic heterocycles. The first-order chi connectivity index (χ1) is 7.95. The summed E-state index contributed by atoms with van der Waals surface area (Å²) in [5.74, 6) is 0.604. The van der Waals surface area contributed by atoms with Crippen molar-refractivity contribution in [1.82, 2.24) is 0 Å². The Morgan fingerprint density at radius 2 is 1.94 bits per heavy atom. The Balaban J connectivity index is 2.48. The first-order valence-corrected chi connectivity index (χ1v) is 5.91. The summed E-state index contributed by atoms with van der Waals surface area (Å²) >= 11 is 0. The zero-order valence-electron chi connectivity index (χ0n) is 10.5. The minimum Gasteiger partial charge on any atom is -0.507 e. The van der Waals surface area contributed by atoms with Crippen LogP contribution in [0.3, 0.4) is 0 Å². The minimum absolute atomic E-state index is 0.115. The third-order valence-electron chi connectivity index (χ3n) is 3.50. The van der Waals surface area contributed by atoms with Gasteiger partial charge in [-0.2, -0.15) is 0 Å².